The van der Waals surface area contributed by atoms with E-state index in [0.717, 1.165) is 23.2 Å². The normalized spacial score (nSPS) is 71.2. The fourth-order valence-electron chi connectivity index (χ4n) is 4.96. The molecular formula is C11H17N. The van der Waals surface area contributed by atoms with Crippen molar-refractivity contribution in [2.24, 2.45) is 35.0 Å². The molecule has 0 amide bonds. The number of rotatable bonds is 0. The number of nitrogens with one attached hydrogen (secondary N) is 1. The molecule has 0 spiro atoms. The Morgan fingerprint density at radius 2 is 1.92 bits per heavy atom. The second-order valence-electron chi connectivity index (χ2n) is 5.81. The van der Waals surface area contributed by atoms with Gasteiger partial charge in [0.1, 0.15) is 0 Å². The van der Waals surface area contributed by atoms with Gasteiger partial charge in [0.05, 0.1) is 0 Å². The van der Waals surface area contributed by atoms with E-state index in [0.29, 0.717) is 0 Å². The van der Waals surface area contributed by atoms with Gasteiger partial charge in [-0.2, -0.15) is 0 Å². The molecule has 2 unspecified atom stereocenters. The lowest BCUT2D eigenvalue weighted by atomic mass is 9.69. The maximum absolute atomic E-state index is 3.61. The molecule has 4 fully saturated rings. The van der Waals surface area contributed by atoms with E-state index in [4.69, 9.17) is 0 Å². The number of hydrogen-bond donors (Lipinski definition) is 1. The molecule has 1 aliphatic heterocycles. The molecule has 0 aromatic rings. The summed E-state index contributed by atoms with van der Waals surface area (Å²) in [5.41, 5.74) is 0.725. The van der Waals surface area contributed by atoms with Crippen molar-refractivity contribution in [2.45, 2.75) is 19.8 Å². The standard InChI is InChI=1S/C11H17N/c1-11-5-12-4-10(11)8-3-9(11)7-2-6(7)8/h6-10,12H,2-5H2,1H3/t6?,7?,8-,9+,10+,11-/m1/s1. The molecule has 1 nitrogen and oxygen atoms in total. The SMILES string of the molecule is C[C@]12CNC[C@H]1[C@@H]1C[C@H]2C2CC21. The first-order valence-corrected chi connectivity index (χ1v) is 5.51. The number of hydrogen-bond acceptors (Lipinski definition) is 1. The summed E-state index contributed by atoms with van der Waals surface area (Å²) in [6, 6.07) is 0. The molecule has 66 valence electrons. The quantitative estimate of drug-likeness (QED) is 0.570. The van der Waals surface area contributed by atoms with Gasteiger partial charge in [0.2, 0.25) is 0 Å². The largest absolute Gasteiger partial charge is 0.316 e. The second kappa shape index (κ2) is 1.61. The Morgan fingerprint density at radius 3 is 2.83 bits per heavy atom. The second-order valence-corrected chi connectivity index (χ2v) is 5.81. The average molecular weight is 163 g/mol. The lowest BCUT2D eigenvalue weighted by Crippen LogP contribution is -2.33. The highest BCUT2D eigenvalue weighted by atomic mass is 15.0. The highest BCUT2D eigenvalue weighted by Crippen LogP contribution is 2.74. The van der Waals surface area contributed by atoms with Crippen molar-refractivity contribution in [3.05, 3.63) is 0 Å². The third-order valence-electron chi connectivity index (χ3n) is 5.57. The molecule has 6 atom stereocenters. The molecule has 4 aliphatic rings. The van der Waals surface area contributed by atoms with E-state index >= 15 is 0 Å². The van der Waals surface area contributed by atoms with E-state index in [1.165, 1.54) is 24.9 Å². The summed E-state index contributed by atoms with van der Waals surface area (Å²) in [4.78, 5) is 0. The van der Waals surface area contributed by atoms with Crippen LogP contribution in [0.3, 0.4) is 0 Å². The van der Waals surface area contributed by atoms with Crippen LogP contribution >= 0.6 is 0 Å². The van der Waals surface area contributed by atoms with Crippen LogP contribution in [-0.2, 0) is 0 Å². The van der Waals surface area contributed by atoms with E-state index in [1.54, 1.807) is 12.8 Å². The van der Waals surface area contributed by atoms with Crippen LogP contribution in [0.2, 0.25) is 0 Å². The zero-order chi connectivity index (χ0) is 7.92. The van der Waals surface area contributed by atoms with E-state index < -0.39 is 0 Å². The molecule has 3 saturated carbocycles. The zero-order valence-corrected chi connectivity index (χ0v) is 7.72. The van der Waals surface area contributed by atoms with Gasteiger partial charge in [-0.3, -0.25) is 0 Å². The lowest BCUT2D eigenvalue weighted by Gasteiger charge is -2.34. The van der Waals surface area contributed by atoms with Crippen LogP contribution in [0.4, 0.5) is 0 Å². The van der Waals surface area contributed by atoms with E-state index in [2.05, 4.69) is 12.2 Å². The van der Waals surface area contributed by atoms with Crippen LogP contribution in [0.15, 0.2) is 0 Å². The van der Waals surface area contributed by atoms with E-state index in [-0.39, 0.29) is 0 Å². The fraction of sp³-hybridized carbons (Fsp3) is 1.00. The first-order valence-electron chi connectivity index (χ1n) is 5.51. The highest BCUT2D eigenvalue weighted by molar-refractivity contribution is 5.19. The molecule has 0 aromatic heterocycles. The van der Waals surface area contributed by atoms with E-state index in [1.807, 2.05) is 0 Å². The van der Waals surface area contributed by atoms with Crippen LogP contribution < -0.4 is 5.32 Å². The summed E-state index contributed by atoms with van der Waals surface area (Å²) < 4.78 is 0. The molecule has 4 rings (SSSR count). The molecule has 12 heavy (non-hydrogen) atoms. The van der Waals surface area contributed by atoms with Crippen molar-refractivity contribution < 1.29 is 0 Å². The minimum atomic E-state index is 0.725. The Morgan fingerprint density at radius 1 is 1.08 bits per heavy atom. The van der Waals surface area contributed by atoms with Crippen LogP contribution in [0, 0.1) is 35.0 Å². The smallest absolute Gasteiger partial charge is 0.00113 e. The Hall–Kier alpha value is -0.0400. The average Bonchev–Trinajstić information content (AvgIpc) is 2.49. The molecule has 0 radical (unpaired) electrons. The molecule has 1 saturated heterocycles. The van der Waals surface area contributed by atoms with Crippen molar-refractivity contribution in [3.63, 3.8) is 0 Å². The molecule has 1 heterocycles. The van der Waals surface area contributed by atoms with Crippen LogP contribution in [0.25, 0.3) is 0 Å². The van der Waals surface area contributed by atoms with Crippen molar-refractivity contribution in [1.29, 1.82) is 0 Å². The lowest BCUT2D eigenvalue weighted by molar-refractivity contribution is 0.147. The van der Waals surface area contributed by atoms with Crippen molar-refractivity contribution in [2.75, 3.05) is 13.1 Å². The minimum Gasteiger partial charge on any atom is -0.316 e. The van der Waals surface area contributed by atoms with Crippen molar-refractivity contribution >= 4 is 0 Å². The highest BCUT2D eigenvalue weighted by Gasteiger charge is 2.70. The van der Waals surface area contributed by atoms with Gasteiger partial charge in [0.15, 0.2) is 0 Å². The van der Waals surface area contributed by atoms with Gasteiger partial charge in [0, 0.05) is 6.54 Å². The Labute approximate surface area is 73.9 Å². The maximum atomic E-state index is 3.61. The summed E-state index contributed by atoms with van der Waals surface area (Å²) in [5.74, 6) is 5.68. The Kier molecular flexibility index (Phi) is 0.863. The van der Waals surface area contributed by atoms with Gasteiger partial charge in [-0.05, 0) is 54.4 Å². The molecule has 0 aromatic carbocycles. The van der Waals surface area contributed by atoms with Crippen LogP contribution in [0.5, 0.6) is 0 Å². The predicted octanol–water partition coefficient (Wildman–Crippen LogP) is 1.50. The summed E-state index contributed by atoms with van der Waals surface area (Å²) in [5, 5.41) is 3.61. The van der Waals surface area contributed by atoms with Gasteiger partial charge in [-0.25, -0.2) is 0 Å². The van der Waals surface area contributed by atoms with Crippen molar-refractivity contribution in [1.82, 2.24) is 5.32 Å². The van der Waals surface area contributed by atoms with Crippen molar-refractivity contribution in [3.8, 4) is 0 Å². The summed E-state index contributed by atoms with van der Waals surface area (Å²) in [6.45, 7) is 5.21. The van der Waals surface area contributed by atoms with Gasteiger partial charge in [0.25, 0.3) is 0 Å². The first kappa shape index (κ1) is 6.42. The minimum absolute atomic E-state index is 0.725. The van der Waals surface area contributed by atoms with E-state index in [9.17, 15) is 0 Å². The monoisotopic (exact) mass is 163 g/mol. The number of fused-ring (bicyclic) bond motifs is 8. The maximum Gasteiger partial charge on any atom is 0.00113 e. The van der Waals surface area contributed by atoms with Gasteiger partial charge in [-0.1, -0.05) is 6.92 Å². The summed E-state index contributed by atoms with van der Waals surface area (Å²) >= 11 is 0. The third-order valence-corrected chi connectivity index (χ3v) is 5.57. The van der Waals surface area contributed by atoms with Gasteiger partial charge < -0.3 is 5.32 Å². The third kappa shape index (κ3) is 0.477. The molecule has 1 N–H and O–H groups in total. The Bertz CT molecular complexity index is 245. The van der Waals surface area contributed by atoms with Crippen LogP contribution in [-0.4, -0.2) is 13.1 Å². The predicted molar refractivity (Wildman–Crippen MR) is 47.7 cm³/mol. The zero-order valence-electron chi connectivity index (χ0n) is 7.72. The summed E-state index contributed by atoms with van der Waals surface area (Å²) in [7, 11) is 0. The Balaban J connectivity index is 1.83. The molecular weight excluding hydrogens is 146 g/mol. The fourth-order valence-corrected chi connectivity index (χ4v) is 4.96. The molecule has 1 heteroatoms. The summed E-state index contributed by atoms with van der Waals surface area (Å²) in [6.07, 6.45) is 3.19. The van der Waals surface area contributed by atoms with Gasteiger partial charge in [-0.15, -0.1) is 0 Å². The van der Waals surface area contributed by atoms with Crippen LogP contribution in [0.1, 0.15) is 19.8 Å². The first-order chi connectivity index (χ1) is 5.81. The topological polar surface area (TPSA) is 12.0 Å². The van der Waals surface area contributed by atoms with Gasteiger partial charge >= 0.3 is 0 Å². The molecule has 3 aliphatic carbocycles. The molecule has 2 bridgehead atoms.